The summed E-state index contributed by atoms with van der Waals surface area (Å²) in [5.74, 6) is -0.327. The van der Waals surface area contributed by atoms with Crippen molar-refractivity contribution in [2.75, 3.05) is 19.8 Å². The lowest BCUT2D eigenvalue weighted by Gasteiger charge is -2.08. The fourth-order valence-corrected chi connectivity index (χ4v) is 1.80. The van der Waals surface area contributed by atoms with Crippen LogP contribution in [0.4, 0.5) is 8.78 Å². The number of nitrogens with one attached hydrogen (secondary N) is 1. The fraction of sp³-hybridized carbons (Fsp3) is 0.538. The molecule has 1 aromatic heterocycles. The number of ether oxygens (including phenoxy) is 1. The smallest absolute Gasteiger partial charge is 0.261 e. The highest BCUT2D eigenvalue weighted by Gasteiger charge is 2.09. The Labute approximate surface area is 121 Å². The Balaban J connectivity index is 2.46. The molecule has 0 spiro atoms. The highest BCUT2D eigenvalue weighted by molar-refractivity contribution is 6.29. The van der Waals surface area contributed by atoms with Crippen LogP contribution in [-0.4, -0.2) is 37.1 Å². The molecule has 0 saturated carbocycles. The first-order valence-electron chi connectivity index (χ1n) is 6.33. The second-order valence-electron chi connectivity index (χ2n) is 4.14. The predicted molar refractivity (Wildman–Crippen MR) is 72.4 cm³/mol. The van der Waals surface area contributed by atoms with Crippen molar-refractivity contribution in [3.8, 4) is 0 Å². The Morgan fingerprint density at radius 1 is 1.50 bits per heavy atom. The highest BCUT2D eigenvalue weighted by Crippen LogP contribution is 2.12. The average Bonchev–Trinajstić information content (AvgIpc) is 2.37. The van der Waals surface area contributed by atoms with Crippen LogP contribution in [-0.2, 0) is 11.2 Å². The van der Waals surface area contributed by atoms with Crippen LogP contribution in [0.15, 0.2) is 12.1 Å². The van der Waals surface area contributed by atoms with Gasteiger partial charge in [-0.25, -0.2) is 13.8 Å². The first kappa shape index (κ1) is 16.8. The molecular formula is C13H17ClF2N2O2. The monoisotopic (exact) mass is 306 g/mol. The number of carbonyl (C=O) groups is 1. The van der Waals surface area contributed by atoms with Crippen LogP contribution < -0.4 is 5.32 Å². The van der Waals surface area contributed by atoms with Crippen molar-refractivity contribution in [1.82, 2.24) is 10.3 Å². The molecule has 112 valence electrons. The Morgan fingerprint density at radius 2 is 2.25 bits per heavy atom. The molecule has 0 radical (unpaired) electrons. The van der Waals surface area contributed by atoms with Gasteiger partial charge in [0.25, 0.3) is 12.3 Å². The normalized spacial score (nSPS) is 10.8. The number of aromatic nitrogens is 1. The van der Waals surface area contributed by atoms with E-state index >= 15 is 0 Å². The summed E-state index contributed by atoms with van der Waals surface area (Å²) in [7, 11) is 0. The minimum atomic E-state index is -2.50. The number of nitrogens with zero attached hydrogens (tertiary/aromatic N) is 1. The highest BCUT2D eigenvalue weighted by atomic mass is 35.5. The third-order valence-electron chi connectivity index (χ3n) is 2.39. The zero-order valence-electron chi connectivity index (χ0n) is 11.2. The lowest BCUT2D eigenvalue weighted by atomic mass is 10.1. The second kappa shape index (κ2) is 8.81. The van der Waals surface area contributed by atoms with Crippen molar-refractivity contribution in [1.29, 1.82) is 0 Å². The van der Waals surface area contributed by atoms with Crippen molar-refractivity contribution in [3.63, 3.8) is 0 Å². The number of carbonyl (C=O) groups excluding carboxylic acids is 1. The molecule has 1 amide bonds. The standard InChI is InChI=1S/C13H17ClF2N2O2/c1-2-3-10-6-9(7-11(14)18-10)13(19)17-4-5-20-8-12(15)16/h6-7,12H,2-5,8H2,1H3,(H,17,19). The van der Waals surface area contributed by atoms with E-state index in [2.05, 4.69) is 15.0 Å². The molecule has 0 aliphatic heterocycles. The number of rotatable bonds is 8. The molecule has 1 rings (SSSR count). The average molecular weight is 307 g/mol. The van der Waals surface area contributed by atoms with Gasteiger partial charge in [-0.05, 0) is 18.6 Å². The Hall–Kier alpha value is -1.27. The van der Waals surface area contributed by atoms with Crippen LogP contribution in [0.3, 0.4) is 0 Å². The molecule has 0 aliphatic carbocycles. The van der Waals surface area contributed by atoms with Gasteiger partial charge in [0.05, 0.1) is 6.61 Å². The van der Waals surface area contributed by atoms with E-state index in [1.807, 2.05) is 6.92 Å². The number of hydrogen-bond acceptors (Lipinski definition) is 3. The van der Waals surface area contributed by atoms with Gasteiger partial charge in [0.15, 0.2) is 0 Å². The van der Waals surface area contributed by atoms with Gasteiger partial charge in [-0.3, -0.25) is 4.79 Å². The summed E-state index contributed by atoms with van der Waals surface area (Å²) in [6, 6.07) is 3.14. The van der Waals surface area contributed by atoms with Crippen molar-refractivity contribution in [2.45, 2.75) is 26.2 Å². The van der Waals surface area contributed by atoms with Crippen LogP contribution in [0.5, 0.6) is 0 Å². The van der Waals surface area contributed by atoms with Gasteiger partial charge in [0, 0.05) is 17.8 Å². The first-order chi connectivity index (χ1) is 9.52. The van der Waals surface area contributed by atoms with Crippen LogP contribution >= 0.6 is 11.6 Å². The molecule has 4 nitrogen and oxygen atoms in total. The summed E-state index contributed by atoms with van der Waals surface area (Å²) in [6.07, 6.45) is -0.866. The first-order valence-corrected chi connectivity index (χ1v) is 6.71. The number of halogens is 3. The molecule has 0 fully saturated rings. The Kier molecular flexibility index (Phi) is 7.40. The van der Waals surface area contributed by atoms with Crippen LogP contribution in [0.25, 0.3) is 0 Å². The van der Waals surface area contributed by atoms with Gasteiger partial charge in [-0.1, -0.05) is 24.9 Å². The van der Waals surface area contributed by atoms with Crippen LogP contribution in [0.2, 0.25) is 5.15 Å². The maximum absolute atomic E-state index is 11.8. The van der Waals surface area contributed by atoms with Crippen molar-refractivity contribution >= 4 is 17.5 Å². The van der Waals surface area contributed by atoms with Crippen LogP contribution in [0.1, 0.15) is 29.4 Å². The zero-order chi connectivity index (χ0) is 15.0. The molecule has 0 aromatic carbocycles. The maximum Gasteiger partial charge on any atom is 0.261 e. The van der Waals surface area contributed by atoms with Gasteiger partial charge in [0.1, 0.15) is 11.8 Å². The molecule has 0 saturated heterocycles. The molecule has 0 unspecified atom stereocenters. The molecule has 0 bridgehead atoms. The van der Waals surface area contributed by atoms with Gasteiger partial charge < -0.3 is 10.1 Å². The second-order valence-corrected chi connectivity index (χ2v) is 4.53. The van der Waals surface area contributed by atoms with E-state index in [-0.39, 0.29) is 24.2 Å². The number of amides is 1. The van der Waals surface area contributed by atoms with E-state index in [4.69, 9.17) is 11.6 Å². The zero-order valence-corrected chi connectivity index (χ0v) is 11.9. The number of hydrogen-bond donors (Lipinski definition) is 1. The van der Waals surface area contributed by atoms with Gasteiger partial charge in [-0.2, -0.15) is 0 Å². The van der Waals surface area contributed by atoms with E-state index in [9.17, 15) is 13.6 Å². The fourth-order valence-electron chi connectivity index (χ4n) is 1.58. The van der Waals surface area contributed by atoms with E-state index in [0.717, 1.165) is 18.5 Å². The van der Waals surface area contributed by atoms with Crippen molar-refractivity contribution < 1.29 is 18.3 Å². The number of pyridine rings is 1. The molecule has 0 atom stereocenters. The third-order valence-corrected chi connectivity index (χ3v) is 2.58. The quantitative estimate of drug-likeness (QED) is 0.593. The topological polar surface area (TPSA) is 51.2 Å². The van der Waals surface area contributed by atoms with E-state index < -0.39 is 13.0 Å². The largest absolute Gasteiger partial charge is 0.374 e. The summed E-state index contributed by atoms with van der Waals surface area (Å²) in [4.78, 5) is 16.0. The SMILES string of the molecule is CCCc1cc(C(=O)NCCOCC(F)F)cc(Cl)n1. The lowest BCUT2D eigenvalue weighted by molar-refractivity contribution is 0.0188. The summed E-state index contributed by atoms with van der Waals surface area (Å²) < 4.78 is 28.3. The van der Waals surface area contributed by atoms with Crippen molar-refractivity contribution in [3.05, 3.63) is 28.5 Å². The van der Waals surface area contributed by atoms with E-state index in [1.165, 1.54) is 6.07 Å². The minimum Gasteiger partial charge on any atom is -0.374 e. The van der Waals surface area contributed by atoms with Crippen LogP contribution in [0, 0.1) is 0 Å². The maximum atomic E-state index is 11.8. The minimum absolute atomic E-state index is 0.0384. The van der Waals surface area contributed by atoms with Crippen molar-refractivity contribution in [2.24, 2.45) is 0 Å². The third kappa shape index (κ3) is 6.25. The molecule has 0 aliphatic rings. The number of alkyl halides is 2. The Bertz CT molecular complexity index is 444. The van der Waals surface area contributed by atoms with E-state index in [1.54, 1.807) is 6.07 Å². The van der Waals surface area contributed by atoms with Gasteiger partial charge in [0.2, 0.25) is 0 Å². The summed E-state index contributed by atoms with van der Waals surface area (Å²) in [6.45, 7) is 1.58. The molecule has 7 heteroatoms. The lowest BCUT2D eigenvalue weighted by Crippen LogP contribution is -2.28. The predicted octanol–water partition coefficient (Wildman–Crippen LogP) is 2.70. The Morgan fingerprint density at radius 3 is 2.90 bits per heavy atom. The number of aryl methyl sites for hydroxylation is 1. The summed E-state index contributed by atoms with van der Waals surface area (Å²) in [5, 5.41) is 2.83. The van der Waals surface area contributed by atoms with E-state index in [0.29, 0.717) is 5.56 Å². The molecule has 1 aromatic rings. The molecular weight excluding hydrogens is 290 g/mol. The van der Waals surface area contributed by atoms with Gasteiger partial charge >= 0.3 is 0 Å². The summed E-state index contributed by atoms with van der Waals surface area (Å²) in [5.41, 5.74) is 1.15. The summed E-state index contributed by atoms with van der Waals surface area (Å²) >= 11 is 5.85. The van der Waals surface area contributed by atoms with Gasteiger partial charge in [-0.15, -0.1) is 0 Å². The molecule has 1 heterocycles. The molecule has 1 N–H and O–H groups in total. The molecule has 20 heavy (non-hydrogen) atoms.